The standard InChI is InChI=1S/C20H31N3O2.ClH/c1-14(2)13-18(20(25)23-11-9-16(21-4)10-12-23)22-19(24)17-8-6-5-7-15(17)3;/h5-8,14,16,18,21H,9-13H2,1-4H3,(H,22,24);1H. The minimum Gasteiger partial charge on any atom is -0.341 e. The molecule has 2 N–H and O–H groups in total. The average Bonchev–Trinajstić information content (AvgIpc) is 2.60. The zero-order chi connectivity index (χ0) is 18.4. The highest BCUT2D eigenvalue weighted by Gasteiger charge is 2.29. The number of hydrogen-bond acceptors (Lipinski definition) is 3. The van der Waals surface area contributed by atoms with Gasteiger partial charge < -0.3 is 15.5 Å². The minimum atomic E-state index is -0.460. The van der Waals surface area contributed by atoms with Gasteiger partial charge in [0.05, 0.1) is 0 Å². The molecule has 146 valence electrons. The first-order chi connectivity index (χ1) is 11.9. The lowest BCUT2D eigenvalue weighted by atomic mass is 9.99. The van der Waals surface area contributed by atoms with Crippen molar-refractivity contribution < 1.29 is 9.59 Å². The normalized spacial score (nSPS) is 16.1. The molecule has 1 saturated heterocycles. The van der Waals surface area contributed by atoms with Crippen molar-refractivity contribution in [2.24, 2.45) is 5.92 Å². The number of aryl methyl sites for hydroxylation is 1. The Balaban J connectivity index is 0.00000338. The Bertz CT molecular complexity index is 598. The topological polar surface area (TPSA) is 61.4 Å². The van der Waals surface area contributed by atoms with E-state index in [4.69, 9.17) is 0 Å². The zero-order valence-electron chi connectivity index (χ0n) is 16.2. The van der Waals surface area contributed by atoms with Gasteiger partial charge in [0.25, 0.3) is 5.91 Å². The van der Waals surface area contributed by atoms with Crippen molar-refractivity contribution in [2.45, 2.75) is 52.1 Å². The molecule has 1 aromatic rings. The molecular weight excluding hydrogens is 350 g/mol. The van der Waals surface area contributed by atoms with E-state index in [2.05, 4.69) is 24.5 Å². The molecule has 6 heteroatoms. The number of hydrogen-bond donors (Lipinski definition) is 2. The maximum absolute atomic E-state index is 13.0. The van der Waals surface area contributed by atoms with Gasteiger partial charge in [-0.25, -0.2) is 0 Å². The summed E-state index contributed by atoms with van der Waals surface area (Å²) in [4.78, 5) is 27.5. The molecule has 1 heterocycles. The lowest BCUT2D eigenvalue weighted by Gasteiger charge is -2.34. The van der Waals surface area contributed by atoms with Crippen molar-refractivity contribution in [1.29, 1.82) is 0 Å². The molecule has 1 atom stereocenters. The second-order valence-electron chi connectivity index (χ2n) is 7.36. The number of nitrogens with one attached hydrogen (secondary N) is 2. The summed E-state index contributed by atoms with van der Waals surface area (Å²) in [7, 11) is 1.96. The van der Waals surface area contributed by atoms with Crippen LogP contribution in [0.4, 0.5) is 0 Å². The fourth-order valence-corrected chi connectivity index (χ4v) is 3.37. The number of carbonyl (C=O) groups is 2. The van der Waals surface area contributed by atoms with Crippen LogP contribution in [0.3, 0.4) is 0 Å². The van der Waals surface area contributed by atoms with Crippen molar-refractivity contribution in [2.75, 3.05) is 20.1 Å². The summed E-state index contributed by atoms with van der Waals surface area (Å²) in [6, 6.07) is 7.50. The van der Waals surface area contributed by atoms with E-state index in [9.17, 15) is 9.59 Å². The fraction of sp³-hybridized carbons (Fsp3) is 0.600. The van der Waals surface area contributed by atoms with Crippen LogP contribution in [-0.2, 0) is 4.79 Å². The fourth-order valence-electron chi connectivity index (χ4n) is 3.37. The van der Waals surface area contributed by atoms with Crippen molar-refractivity contribution in [3.8, 4) is 0 Å². The van der Waals surface area contributed by atoms with Crippen molar-refractivity contribution >= 4 is 24.2 Å². The maximum atomic E-state index is 13.0. The highest BCUT2D eigenvalue weighted by molar-refractivity contribution is 5.98. The van der Waals surface area contributed by atoms with Crippen LogP contribution in [0, 0.1) is 12.8 Å². The van der Waals surface area contributed by atoms with E-state index in [1.54, 1.807) is 6.07 Å². The number of amides is 2. The van der Waals surface area contributed by atoms with Gasteiger partial charge in [0.1, 0.15) is 6.04 Å². The summed E-state index contributed by atoms with van der Waals surface area (Å²) < 4.78 is 0. The van der Waals surface area contributed by atoms with Crippen LogP contribution < -0.4 is 10.6 Å². The second-order valence-corrected chi connectivity index (χ2v) is 7.36. The van der Waals surface area contributed by atoms with Gasteiger partial charge in [-0.05, 0) is 50.8 Å². The predicted octanol–water partition coefficient (Wildman–Crippen LogP) is 2.77. The van der Waals surface area contributed by atoms with E-state index in [0.29, 0.717) is 23.9 Å². The van der Waals surface area contributed by atoms with Gasteiger partial charge in [0, 0.05) is 24.7 Å². The number of nitrogens with zero attached hydrogens (tertiary/aromatic N) is 1. The number of halogens is 1. The van der Waals surface area contributed by atoms with Crippen LogP contribution in [0.2, 0.25) is 0 Å². The monoisotopic (exact) mass is 381 g/mol. The van der Waals surface area contributed by atoms with Crippen LogP contribution in [0.1, 0.15) is 49.0 Å². The quantitative estimate of drug-likeness (QED) is 0.796. The van der Waals surface area contributed by atoms with Crippen LogP contribution >= 0.6 is 12.4 Å². The van der Waals surface area contributed by atoms with E-state index in [1.807, 2.05) is 37.1 Å². The summed E-state index contributed by atoms with van der Waals surface area (Å²) in [5.74, 6) is 0.216. The lowest BCUT2D eigenvalue weighted by Crippen LogP contribution is -2.52. The molecule has 1 aliphatic heterocycles. The van der Waals surface area contributed by atoms with Gasteiger partial charge in [-0.3, -0.25) is 9.59 Å². The molecule has 0 bridgehead atoms. The third-order valence-corrected chi connectivity index (χ3v) is 4.92. The molecule has 26 heavy (non-hydrogen) atoms. The number of benzene rings is 1. The molecule has 1 aliphatic rings. The first-order valence-corrected chi connectivity index (χ1v) is 9.25. The molecule has 0 aromatic heterocycles. The second kappa shape index (κ2) is 10.5. The summed E-state index contributed by atoms with van der Waals surface area (Å²) in [6.07, 6.45) is 2.58. The summed E-state index contributed by atoms with van der Waals surface area (Å²) in [5.41, 5.74) is 1.56. The Morgan fingerprint density at radius 3 is 2.35 bits per heavy atom. The van der Waals surface area contributed by atoms with Gasteiger partial charge in [0.15, 0.2) is 0 Å². The SMILES string of the molecule is CNC1CCN(C(=O)C(CC(C)C)NC(=O)c2ccccc2C)CC1.Cl. The highest BCUT2D eigenvalue weighted by atomic mass is 35.5. The van der Waals surface area contributed by atoms with Crippen molar-refractivity contribution in [3.05, 3.63) is 35.4 Å². The Hall–Kier alpha value is -1.59. The van der Waals surface area contributed by atoms with Gasteiger partial charge in [-0.2, -0.15) is 0 Å². The number of rotatable bonds is 6. The van der Waals surface area contributed by atoms with E-state index in [-0.39, 0.29) is 24.2 Å². The third-order valence-electron chi connectivity index (χ3n) is 4.92. The molecule has 1 fully saturated rings. The minimum absolute atomic E-state index is 0. The highest BCUT2D eigenvalue weighted by Crippen LogP contribution is 2.15. The van der Waals surface area contributed by atoms with Crippen molar-refractivity contribution in [3.63, 3.8) is 0 Å². The molecule has 1 aromatic carbocycles. The van der Waals surface area contributed by atoms with Gasteiger partial charge >= 0.3 is 0 Å². The summed E-state index contributed by atoms with van der Waals surface area (Å²) >= 11 is 0. The third kappa shape index (κ3) is 5.99. The molecular formula is C20H32ClN3O2. The van der Waals surface area contributed by atoms with Crippen LogP contribution in [0.25, 0.3) is 0 Å². The molecule has 2 rings (SSSR count). The number of likely N-dealkylation sites (tertiary alicyclic amines) is 1. The van der Waals surface area contributed by atoms with E-state index >= 15 is 0 Å². The maximum Gasteiger partial charge on any atom is 0.252 e. The average molecular weight is 382 g/mol. The largest absolute Gasteiger partial charge is 0.341 e. The first kappa shape index (κ1) is 22.5. The first-order valence-electron chi connectivity index (χ1n) is 9.25. The molecule has 0 radical (unpaired) electrons. The Labute approximate surface area is 163 Å². The van der Waals surface area contributed by atoms with Crippen molar-refractivity contribution in [1.82, 2.24) is 15.5 Å². The van der Waals surface area contributed by atoms with E-state index in [0.717, 1.165) is 31.5 Å². The molecule has 2 amide bonds. The Morgan fingerprint density at radius 1 is 1.19 bits per heavy atom. The molecule has 0 aliphatic carbocycles. The Kier molecular flexibility index (Phi) is 9.09. The zero-order valence-corrected chi connectivity index (χ0v) is 17.1. The molecule has 0 spiro atoms. The van der Waals surface area contributed by atoms with Crippen LogP contribution in [-0.4, -0.2) is 48.9 Å². The van der Waals surface area contributed by atoms with Gasteiger partial charge in [-0.1, -0.05) is 32.0 Å². The predicted molar refractivity (Wildman–Crippen MR) is 108 cm³/mol. The van der Waals surface area contributed by atoms with Crippen LogP contribution in [0.15, 0.2) is 24.3 Å². The molecule has 1 unspecified atom stereocenters. The van der Waals surface area contributed by atoms with E-state index in [1.165, 1.54) is 0 Å². The van der Waals surface area contributed by atoms with Gasteiger partial charge in [-0.15, -0.1) is 12.4 Å². The lowest BCUT2D eigenvalue weighted by molar-refractivity contribution is -0.134. The Morgan fingerprint density at radius 2 is 1.81 bits per heavy atom. The molecule has 5 nitrogen and oxygen atoms in total. The van der Waals surface area contributed by atoms with Crippen LogP contribution in [0.5, 0.6) is 0 Å². The summed E-state index contributed by atoms with van der Waals surface area (Å²) in [6.45, 7) is 7.57. The number of piperidine rings is 1. The van der Waals surface area contributed by atoms with E-state index < -0.39 is 6.04 Å². The molecule has 0 saturated carbocycles. The van der Waals surface area contributed by atoms with Gasteiger partial charge in [0.2, 0.25) is 5.91 Å². The smallest absolute Gasteiger partial charge is 0.252 e. The summed E-state index contributed by atoms with van der Waals surface area (Å²) in [5, 5.41) is 6.26. The number of carbonyl (C=O) groups excluding carboxylic acids is 2.